The number of amidine groups is 1. The third kappa shape index (κ3) is 6.04. The van der Waals surface area contributed by atoms with Gasteiger partial charge in [-0.2, -0.15) is 0 Å². The highest BCUT2D eigenvalue weighted by atomic mass is 32.2. The molecule has 10 heteroatoms. The zero-order valence-corrected chi connectivity index (χ0v) is 19.6. The second kappa shape index (κ2) is 10.8. The summed E-state index contributed by atoms with van der Waals surface area (Å²) in [7, 11) is 1.58. The number of nitro groups is 1. The number of anilines is 1. The minimum Gasteiger partial charge on any atom is -0.497 e. The van der Waals surface area contributed by atoms with Crippen molar-refractivity contribution >= 4 is 45.8 Å². The van der Waals surface area contributed by atoms with Crippen LogP contribution in [0.1, 0.15) is 12.0 Å². The van der Waals surface area contributed by atoms with E-state index < -0.39 is 16.1 Å². The zero-order valence-electron chi connectivity index (χ0n) is 18.8. The number of benzene rings is 3. The van der Waals surface area contributed by atoms with Gasteiger partial charge in [0.2, 0.25) is 11.8 Å². The molecule has 35 heavy (non-hydrogen) atoms. The number of rotatable bonds is 8. The number of carbonyl (C=O) groups is 2. The maximum Gasteiger partial charge on any atom is 0.271 e. The van der Waals surface area contributed by atoms with E-state index in [-0.39, 0.29) is 18.0 Å². The van der Waals surface area contributed by atoms with Crippen LogP contribution < -0.4 is 10.1 Å². The molecule has 3 aromatic rings. The monoisotopic (exact) mass is 490 g/mol. The normalized spacial score (nSPS) is 16.4. The number of aliphatic imine (C=N–C) groups is 1. The quantitative estimate of drug-likeness (QED) is 0.360. The first kappa shape index (κ1) is 24.0. The number of carbonyl (C=O) groups excluding carboxylic acids is 2. The number of ether oxygens (including phenoxy) is 1. The van der Waals surface area contributed by atoms with Crippen LogP contribution in [0.3, 0.4) is 0 Å². The molecule has 0 spiro atoms. The van der Waals surface area contributed by atoms with Gasteiger partial charge in [-0.1, -0.05) is 48.2 Å². The number of hydrogen-bond donors (Lipinski definition) is 1. The molecule has 0 bridgehead atoms. The van der Waals surface area contributed by atoms with Gasteiger partial charge in [0.15, 0.2) is 5.17 Å². The van der Waals surface area contributed by atoms with Crippen molar-refractivity contribution in [2.45, 2.75) is 18.2 Å². The highest BCUT2D eigenvalue weighted by Gasteiger charge is 2.39. The average molecular weight is 491 g/mol. The van der Waals surface area contributed by atoms with E-state index in [2.05, 4.69) is 10.3 Å². The predicted octanol–water partition coefficient (Wildman–Crippen LogP) is 4.76. The Bertz CT molecular complexity index is 1260. The van der Waals surface area contributed by atoms with Crippen molar-refractivity contribution in [3.8, 4) is 5.75 Å². The van der Waals surface area contributed by atoms with Gasteiger partial charge in [0, 0.05) is 24.2 Å². The van der Waals surface area contributed by atoms with Gasteiger partial charge in [0.05, 0.1) is 24.3 Å². The minimum atomic E-state index is -0.672. The lowest BCUT2D eigenvalue weighted by molar-refractivity contribution is -0.384. The number of nitrogens with zero attached hydrogens (tertiary/aromatic N) is 3. The van der Waals surface area contributed by atoms with Crippen LogP contribution in [0.25, 0.3) is 0 Å². The van der Waals surface area contributed by atoms with Gasteiger partial charge < -0.3 is 10.1 Å². The smallest absolute Gasteiger partial charge is 0.271 e. The molecule has 9 nitrogen and oxygen atoms in total. The Morgan fingerprint density at radius 3 is 2.54 bits per heavy atom. The Balaban J connectivity index is 1.53. The van der Waals surface area contributed by atoms with E-state index in [4.69, 9.17) is 4.74 Å². The van der Waals surface area contributed by atoms with Crippen LogP contribution in [0.2, 0.25) is 0 Å². The molecule has 1 fully saturated rings. The molecule has 0 radical (unpaired) electrons. The summed E-state index contributed by atoms with van der Waals surface area (Å²) in [6.45, 7) is 0.324. The number of non-ortho nitro benzene ring substituents is 1. The molecule has 0 saturated carbocycles. The number of methoxy groups -OCH3 is 1. The lowest BCUT2D eigenvalue weighted by Gasteiger charge is -2.16. The van der Waals surface area contributed by atoms with Crippen LogP contribution in [-0.2, 0) is 16.1 Å². The van der Waals surface area contributed by atoms with Crippen molar-refractivity contribution < 1.29 is 19.2 Å². The van der Waals surface area contributed by atoms with E-state index in [1.165, 1.54) is 30.0 Å². The molecule has 1 N–H and O–H groups in total. The summed E-state index contributed by atoms with van der Waals surface area (Å²) >= 11 is 1.22. The third-order valence-corrected chi connectivity index (χ3v) is 6.39. The van der Waals surface area contributed by atoms with Gasteiger partial charge in [0.1, 0.15) is 11.0 Å². The van der Waals surface area contributed by atoms with Gasteiger partial charge in [0.25, 0.3) is 5.69 Å². The van der Waals surface area contributed by atoms with E-state index in [0.29, 0.717) is 28.8 Å². The lowest BCUT2D eigenvalue weighted by atomic mass is 10.2. The first-order valence-electron chi connectivity index (χ1n) is 10.7. The maximum atomic E-state index is 13.3. The Morgan fingerprint density at radius 1 is 1.11 bits per heavy atom. The maximum absolute atomic E-state index is 13.3. The van der Waals surface area contributed by atoms with Crippen molar-refractivity contribution in [2.75, 3.05) is 12.4 Å². The van der Waals surface area contributed by atoms with Gasteiger partial charge in [-0.05, 0) is 35.9 Å². The van der Waals surface area contributed by atoms with E-state index in [0.717, 1.165) is 5.56 Å². The topological polar surface area (TPSA) is 114 Å². The Kier molecular flexibility index (Phi) is 7.41. The lowest BCUT2D eigenvalue weighted by Crippen LogP contribution is -2.33. The van der Waals surface area contributed by atoms with Crippen LogP contribution in [-0.4, -0.2) is 39.2 Å². The number of nitro benzene ring substituents is 1. The van der Waals surface area contributed by atoms with Crippen LogP contribution in [0.15, 0.2) is 83.9 Å². The van der Waals surface area contributed by atoms with Crippen molar-refractivity contribution in [2.24, 2.45) is 4.99 Å². The Morgan fingerprint density at radius 2 is 1.86 bits per heavy atom. The number of hydrogen-bond acceptors (Lipinski definition) is 7. The van der Waals surface area contributed by atoms with Gasteiger partial charge in [-0.3, -0.25) is 24.6 Å². The van der Waals surface area contributed by atoms with E-state index in [1.807, 2.05) is 30.3 Å². The van der Waals surface area contributed by atoms with E-state index in [9.17, 15) is 19.7 Å². The van der Waals surface area contributed by atoms with E-state index in [1.54, 1.807) is 42.3 Å². The fourth-order valence-corrected chi connectivity index (χ4v) is 4.64. The summed E-state index contributed by atoms with van der Waals surface area (Å²) in [6, 6.07) is 22.4. The minimum absolute atomic E-state index is 0.0981. The van der Waals surface area contributed by atoms with E-state index >= 15 is 0 Å². The van der Waals surface area contributed by atoms with Crippen LogP contribution in [0, 0.1) is 10.1 Å². The molecular formula is C25H22N4O5S. The van der Waals surface area contributed by atoms with Gasteiger partial charge >= 0.3 is 0 Å². The number of thioether (sulfide) groups is 1. The summed E-state index contributed by atoms with van der Waals surface area (Å²) in [4.78, 5) is 42.6. The van der Waals surface area contributed by atoms with Crippen molar-refractivity contribution in [3.63, 3.8) is 0 Å². The predicted molar refractivity (Wildman–Crippen MR) is 135 cm³/mol. The highest BCUT2D eigenvalue weighted by Crippen LogP contribution is 2.33. The molecule has 1 saturated heterocycles. The van der Waals surface area contributed by atoms with Crippen molar-refractivity contribution in [3.05, 3.63) is 94.5 Å². The highest BCUT2D eigenvalue weighted by molar-refractivity contribution is 8.15. The van der Waals surface area contributed by atoms with Gasteiger partial charge in [-0.25, -0.2) is 4.99 Å². The summed E-state index contributed by atoms with van der Waals surface area (Å²) in [6.07, 6.45) is -0.0981. The molecular weight excluding hydrogens is 468 g/mol. The summed E-state index contributed by atoms with van der Waals surface area (Å²) in [5.74, 6) is 0.0583. The fourth-order valence-electron chi connectivity index (χ4n) is 3.48. The van der Waals surface area contributed by atoms with Crippen LogP contribution in [0.4, 0.5) is 17.1 Å². The summed E-state index contributed by atoms with van der Waals surface area (Å²) in [5, 5.41) is 13.5. The largest absolute Gasteiger partial charge is 0.497 e. The first-order chi connectivity index (χ1) is 16.9. The SMILES string of the molecule is COc1ccc(N=C2S[C@H](CC(=O)Nc3cccc([N+](=O)[O-])c3)C(=O)N2Cc2ccccc2)cc1. The summed E-state index contributed by atoms with van der Waals surface area (Å²) < 4.78 is 5.19. The molecule has 1 heterocycles. The Hall–Kier alpha value is -4.18. The summed E-state index contributed by atoms with van der Waals surface area (Å²) in [5.41, 5.74) is 1.76. The number of nitrogens with one attached hydrogen (secondary N) is 1. The molecule has 4 rings (SSSR count). The zero-order chi connectivity index (χ0) is 24.8. The van der Waals surface area contributed by atoms with Crippen LogP contribution in [0.5, 0.6) is 5.75 Å². The molecule has 1 atom stereocenters. The molecule has 0 aromatic heterocycles. The van der Waals surface area contributed by atoms with Crippen molar-refractivity contribution in [1.82, 2.24) is 4.90 Å². The molecule has 3 aromatic carbocycles. The Labute approximate surface area is 206 Å². The standard InChI is InChI=1S/C25H22N4O5S/c1-34-21-12-10-18(11-13-21)27-25-28(16-17-6-3-2-4-7-17)24(31)22(35-25)15-23(30)26-19-8-5-9-20(14-19)29(32)33/h2-14,22H,15-16H2,1H3,(H,26,30)/t22-/m1/s1. The molecule has 0 aliphatic carbocycles. The molecule has 1 aliphatic rings. The second-order valence-corrected chi connectivity index (χ2v) is 8.84. The van der Waals surface area contributed by atoms with Crippen molar-refractivity contribution in [1.29, 1.82) is 0 Å². The number of amides is 2. The van der Waals surface area contributed by atoms with Gasteiger partial charge in [-0.15, -0.1) is 0 Å². The molecule has 2 amide bonds. The van der Waals surface area contributed by atoms with Crippen LogP contribution >= 0.6 is 11.8 Å². The fraction of sp³-hybridized carbons (Fsp3) is 0.160. The second-order valence-electron chi connectivity index (χ2n) is 7.67. The molecule has 0 unspecified atom stereocenters. The third-order valence-electron chi connectivity index (χ3n) is 5.21. The molecule has 1 aliphatic heterocycles. The molecule has 178 valence electrons. The first-order valence-corrected chi connectivity index (χ1v) is 11.6. The average Bonchev–Trinajstić information content (AvgIpc) is 3.14.